The lowest BCUT2D eigenvalue weighted by Gasteiger charge is -2.28. The Morgan fingerprint density at radius 1 is 1.52 bits per heavy atom. The van der Waals surface area contributed by atoms with Gasteiger partial charge in [-0.2, -0.15) is 5.10 Å². The number of hydrogen-bond donors (Lipinski definition) is 1. The molecule has 5 nitrogen and oxygen atoms in total. The Labute approximate surface area is 135 Å². The van der Waals surface area contributed by atoms with E-state index in [-0.39, 0.29) is 5.41 Å². The van der Waals surface area contributed by atoms with Crippen molar-refractivity contribution in [3.8, 4) is 0 Å². The molecule has 2 heterocycles. The van der Waals surface area contributed by atoms with E-state index in [0.29, 0.717) is 0 Å². The lowest BCUT2D eigenvalue weighted by molar-refractivity contribution is 0.143. The molecule has 1 atom stereocenters. The van der Waals surface area contributed by atoms with Crippen LogP contribution in [0, 0.1) is 5.41 Å². The molecule has 0 radical (unpaired) electrons. The maximum absolute atomic E-state index is 5.69. The van der Waals surface area contributed by atoms with Gasteiger partial charge < -0.3 is 14.8 Å². The minimum Gasteiger partial charge on any atom is -0.383 e. The highest BCUT2D eigenvalue weighted by Gasteiger charge is 2.36. The van der Waals surface area contributed by atoms with Gasteiger partial charge in [0.05, 0.1) is 29.1 Å². The molecule has 0 saturated carbocycles. The molecule has 1 fully saturated rings. The first kappa shape index (κ1) is 16.9. The standard InChI is InChI=1S/C15H26BrN3O2/c1-4-12-14(16)13(19(2)18-12)9-15(5-7-21-11-15)10-17-6-8-20-3/h17H,4-11H2,1-3H3. The summed E-state index contributed by atoms with van der Waals surface area (Å²) in [4.78, 5) is 0. The Kier molecular flexibility index (Phi) is 6.22. The largest absolute Gasteiger partial charge is 0.383 e. The third-order valence-electron chi connectivity index (χ3n) is 4.21. The second-order valence-electron chi connectivity index (χ2n) is 5.83. The molecule has 1 aromatic rings. The van der Waals surface area contributed by atoms with Crippen LogP contribution in [-0.2, 0) is 29.4 Å². The van der Waals surface area contributed by atoms with Crippen LogP contribution in [0.15, 0.2) is 4.47 Å². The first-order valence-corrected chi connectivity index (χ1v) is 8.39. The Morgan fingerprint density at radius 2 is 2.33 bits per heavy atom. The van der Waals surface area contributed by atoms with Crippen molar-refractivity contribution in [2.24, 2.45) is 12.5 Å². The first-order chi connectivity index (χ1) is 10.1. The quantitative estimate of drug-likeness (QED) is 0.720. The van der Waals surface area contributed by atoms with E-state index in [1.54, 1.807) is 7.11 Å². The lowest BCUT2D eigenvalue weighted by atomic mass is 9.82. The molecule has 1 saturated heterocycles. The Bertz CT molecular complexity index is 456. The van der Waals surface area contributed by atoms with Crippen LogP contribution < -0.4 is 5.32 Å². The summed E-state index contributed by atoms with van der Waals surface area (Å²) >= 11 is 3.72. The lowest BCUT2D eigenvalue weighted by Crippen LogP contribution is -2.38. The van der Waals surface area contributed by atoms with Crippen molar-refractivity contribution >= 4 is 15.9 Å². The maximum atomic E-state index is 5.69. The van der Waals surface area contributed by atoms with E-state index >= 15 is 0 Å². The number of rotatable bonds is 8. The second kappa shape index (κ2) is 7.72. The normalized spacial score (nSPS) is 22.1. The van der Waals surface area contributed by atoms with Gasteiger partial charge in [-0.3, -0.25) is 4.68 Å². The zero-order chi connectivity index (χ0) is 15.3. The zero-order valence-corrected chi connectivity index (χ0v) is 14.8. The van der Waals surface area contributed by atoms with Crippen molar-refractivity contribution < 1.29 is 9.47 Å². The van der Waals surface area contributed by atoms with E-state index in [2.05, 4.69) is 33.3 Å². The number of nitrogens with one attached hydrogen (secondary N) is 1. The molecule has 0 aliphatic carbocycles. The van der Waals surface area contributed by atoms with Gasteiger partial charge >= 0.3 is 0 Å². The van der Waals surface area contributed by atoms with Crippen molar-refractivity contribution in [2.75, 3.05) is 40.0 Å². The number of halogens is 1. The van der Waals surface area contributed by atoms with Gasteiger partial charge in [-0.1, -0.05) is 6.92 Å². The van der Waals surface area contributed by atoms with Crippen molar-refractivity contribution in [3.05, 3.63) is 15.9 Å². The summed E-state index contributed by atoms with van der Waals surface area (Å²) in [7, 11) is 3.76. The van der Waals surface area contributed by atoms with Crippen LogP contribution in [-0.4, -0.2) is 49.8 Å². The van der Waals surface area contributed by atoms with Gasteiger partial charge in [-0.15, -0.1) is 0 Å². The number of ether oxygens (including phenoxy) is 2. The van der Waals surface area contributed by atoms with E-state index in [1.165, 1.54) is 5.69 Å². The van der Waals surface area contributed by atoms with Gasteiger partial charge in [0.2, 0.25) is 0 Å². The highest BCUT2D eigenvalue weighted by atomic mass is 79.9. The van der Waals surface area contributed by atoms with E-state index in [9.17, 15) is 0 Å². The molecule has 120 valence electrons. The molecule has 0 spiro atoms. The Balaban J connectivity index is 2.07. The molecular weight excluding hydrogens is 334 g/mol. The van der Waals surface area contributed by atoms with Crippen LogP contribution in [0.2, 0.25) is 0 Å². The fourth-order valence-electron chi connectivity index (χ4n) is 2.89. The van der Waals surface area contributed by atoms with Crippen LogP contribution >= 0.6 is 15.9 Å². The zero-order valence-electron chi connectivity index (χ0n) is 13.2. The maximum Gasteiger partial charge on any atom is 0.0766 e. The van der Waals surface area contributed by atoms with E-state index in [0.717, 1.165) is 62.3 Å². The van der Waals surface area contributed by atoms with Crippen molar-refractivity contribution in [2.45, 2.75) is 26.2 Å². The SMILES string of the molecule is CCc1nn(C)c(CC2(CNCCOC)CCOC2)c1Br. The van der Waals surface area contributed by atoms with Crippen LogP contribution in [0.4, 0.5) is 0 Å². The molecule has 1 aliphatic rings. The molecule has 1 aromatic heterocycles. The van der Waals surface area contributed by atoms with Gasteiger partial charge in [0, 0.05) is 39.3 Å². The van der Waals surface area contributed by atoms with Crippen molar-refractivity contribution in [1.82, 2.24) is 15.1 Å². The minimum absolute atomic E-state index is 0.162. The fourth-order valence-corrected chi connectivity index (χ4v) is 3.64. The average Bonchev–Trinajstić information content (AvgIpc) is 3.04. The molecule has 1 aliphatic heterocycles. The molecular formula is C15H26BrN3O2. The van der Waals surface area contributed by atoms with Gasteiger partial charge in [-0.05, 0) is 35.2 Å². The van der Waals surface area contributed by atoms with Crippen molar-refractivity contribution in [1.29, 1.82) is 0 Å². The predicted molar refractivity (Wildman–Crippen MR) is 86.6 cm³/mol. The molecule has 0 aromatic carbocycles. The summed E-state index contributed by atoms with van der Waals surface area (Å²) in [5.41, 5.74) is 2.56. The summed E-state index contributed by atoms with van der Waals surface area (Å²) in [6.45, 7) is 6.37. The first-order valence-electron chi connectivity index (χ1n) is 7.59. The predicted octanol–water partition coefficient (Wildman–Crippen LogP) is 1.93. The Hall–Kier alpha value is -0.430. The summed E-state index contributed by atoms with van der Waals surface area (Å²) in [5, 5.41) is 8.10. The molecule has 1 unspecified atom stereocenters. The summed E-state index contributed by atoms with van der Waals surface area (Å²) in [5.74, 6) is 0. The molecule has 0 bridgehead atoms. The van der Waals surface area contributed by atoms with Crippen molar-refractivity contribution in [3.63, 3.8) is 0 Å². The number of methoxy groups -OCH3 is 1. The third-order valence-corrected chi connectivity index (χ3v) is 5.13. The third kappa shape index (κ3) is 4.06. The minimum atomic E-state index is 0.162. The van der Waals surface area contributed by atoms with Gasteiger partial charge in [0.1, 0.15) is 0 Å². The van der Waals surface area contributed by atoms with Crippen LogP contribution in [0.25, 0.3) is 0 Å². The smallest absolute Gasteiger partial charge is 0.0766 e. The number of aromatic nitrogens is 2. The fraction of sp³-hybridized carbons (Fsp3) is 0.800. The van der Waals surface area contributed by atoms with Gasteiger partial charge in [-0.25, -0.2) is 0 Å². The molecule has 0 amide bonds. The average molecular weight is 360 g/mol. The van der Waals surface area contributed by atoms with E-state index in [4.69, 9.17) is 9.47 Å². The van der Waals surface area contributed by atoms with E-state index < -0.39 is 0 Å². The number of nitrogens with zero attached hydrogens (tertiary/aromatic N) is 2. The summed E-state index contributed by atoms with van der Waals surface area (Å²) in [6.07, 6.45) is 3.02. The topological polar surface area (TPSA) is 48.3 Å². The van der Waals surface area contributed by atoms with Gasteiger partial charge in [0.15, 0.2) is 0 Å². The number of aryl methyl sites for hydroxylation is 2. The highest BCUT2D eigenvalue weighted by Crippen LogP contribution is 2.35. The van der Waals surface area contributed by atoms with Crippen LogP contribution in [0.1, 0.15) is 24.7 Å². The summed E-state index contributed by atoms with van der Waals surface area (Å²) in [6, 6.07) is 0. The van der Waals surface area contributed by atoms with Crippen LogP contribution in [0.5, 0.6) is 0 Å². The highest BCUT2D eigenvalue weighted by molar-refractivity contribution is 9.10. The molecule has 2 rings (SSSR count). The Morgan fingerprint density at radius 3 is 2.90 bits per heavy atom. The van der Waals surface area contributed by atoms with Crippen LogP contribution in [0.3, 0.4) is 0 Å². The molecule has 1 N–H and O–H groups in total. The van der Waals surface area contributed by atoms with Gasteiger partial charge in [0.25, 0.3) is 0 Å². The summed E-state index contributed by atoms with van der Waals surface area (Å²) < 4.78 is 14.0. The molecule has 21 heavy (non-hydrogen) atoms. The van der Waals surface area contributed by atoms with E-state index in [1.807, 2.05) is 11.7 Å². The second-order valence-corrected chi connectivity index (χ2v) is 6.63. The monoisotopic (exact) mass is 359 g/mol. The molecule has 6 heteroatoms. The number of hydrogen-bond acceptors (Lipinski definition) is 4.